The summed E-state index contributed by atoms with van der Waals surface area (Å²) in [6.07, 6.45) is 1.65. The van der Waals surface area contributed by atoms with Gasteiger partial charge in [0.1, 0.15) is 16.6 Å². The van der Waals surface area contributed by atoms with Gasteiger partial charge in [0.25, 0.3) is 0 Å². The van der Waals surface area contributed by atoms with Crippen molar-refractivity contribution >= 4 is 23.1 Å². The number of piperazine rings is 1. The zero-order valence-electron chi connectivity index (χ0n) is 11.8. The van der Waals surface area contributed by atoms with Crippen molar-refractivity contribution in [2.45, 2.75) is 6.92 Å². The molecule has 0 radical (unpaired) electrons. The number of rotatable bonds is 2. The molecule has 0 spiro atoms. The third kappa shape index (κ3) is 3.03. The van der Waals surface area contributed by atoms with E-state index in [2.05, 4.69) is 19.8 Å². The summed E-state index contributed by atoms with van der Waals surface area (Å²) in [5.41, 5.74) is 1.04. The molecule has 1 aromatic heterocycles. The van der Waals surface area contributed by atoms with Gasteiger partial charge in [-0.15, -0.1) is 0 Å². The Morgan fingerprint density at radius 2 is 1.86 bits per heavy atom. The molecule has 21 heavy (non-hydrogen) atoms. The van der Waals surface area contributed by atoms with Gasteiger partial charge in [-0.2, -0.15) is 0 Å². The monoisotopic (exact) mass is 304 g/mol. The Kier molecular flexibility index (Phi) is 3.84. The number of phenolic OH excluding ortho intramolecular Hbond substituents is 1. The van der Waals surface area contributed by atoms with Crippen molar-refractivity contribution in [2.75, 3.05) is 36.0 Å². The van der Waals surface area contributed by atoms with Gasteiger partial charge < -0.3 is 14.9 Å². The molecular weight excluding hydrogens is 288 g/mol. The fraction of sp³-hybridized carbons (Fsp3) is 0.333. The molecule has 5 nitrogen and oxygen atoms in total. The molecule has 1 aromatic carbocycles. The van der Waals surface area contributed by atoms with E-state index < -0.39 is 0 Å². The molecule has 110 valence electrons. The molecule has 0 saturated carbocycles. The van der Waals surface area contributed by atoms with Crippen LogP contribution >= 0.6 is 11.6 Å². The average Bonchev–Trinajstić information content (AvgIpc) is 2.50. The minimum atomic E-state index is 0.296. The molecule has 0 bridgehead atoms. The number of halogens is 1. The van der Waals surface area contributed by atoms with Crippen molar-refractivity contribution in [3.8, 4) is 5.75 Å². The van der Waals surface area contributed by atoms with Gasteiger partial charge in [0, 0.05) is 37.9 Å². The normalized spacial score (nSPS) is 15.3. The highest BCUT2D eigenvalue weighted by atomic mass is 35.5. The van der Waals surface area contributed by atoms with Gasteiger partial charge in [-0.3, -0.25) is 0 Å². The van der Waals surface area contributed by atoms with E-state index in [9.17, 15) is 5.11 Å². The number of nitrogens with zero attached hydrogens (tertiary/aromatic N) is 4. The molecule has 1 aliphatic rings. The van der Waals surface area contributed by atoms with Gasteiger partial charge in [0.05, 0.1) is 6.20 Å². The van der Waals surface area contributed by atoms with E-state index in [0.29, 0.717) is 10.8 Å². The SMILES string of the molecule is Cc1ncc(Cl)c(N2CCN(c3cccc(O)c3)CC2)n1. The Morgan fingerprint density at radius 3 is 2.57 bits per heavy atom. The lowest BCUT2D eigenvalue weighted by Crippen LogP contribution is -2.47. The first-order valence-corrected chi connectivity index (χ1v) is 7.29. The van der Waals surface area contributed by atoms with Crippen molar-refractivity contribution in [1.29, 1.82) is 0 Å². The van der Waals surface area contributed by atoms with Crippen LogP contribution in [0.4, 0.5) is 11.5 Å². The Hall–Kier alpha value is -2.01. The van der Waals surface area contributed by atoms with E-state index >= 15 is 0 Å². The summed E-state index contributed by atoms with van der Waals surface area (Å²) in [4.78, 5) is 13.0. The number of aromatic hydroxyl groups is 1. The number of phenols is 1. The zero-order valence-corrected chi connectivity index (χ0v) is 12.6. The number of aromatic nitrogens is 2. The van der Waals surface area contributed by atoms with Gasteiger partial charge in [-0.25, -0.2) is 9.97 Å². The molecule has 1 aliphatic heterocycles. The lowest BCUT2D eigenvalue weighted by Gasteiger charge is -2.37. The number of hydrogen-bond acceptors (Lipinski definition) is 5. The topological polar surface area (TPSA) is 52.5 Å². The van der Waals surface area contributed by atoms with Crippen molar-refractivity contribution in [3.63, 3.8) is 0 Å². The number of anilines is 2. The van der Waals surface area contributed by atoms with Gasteiger partial charge in [-0.1, -0.05) is 17.7 Å². The third-order valence-electron chi connectivity index (χ3n) is 3.62. The first-order valence-electron chi connectivity index (χ1n) is 6.91. The summed E-state index contributed by atoms with van der Waals surface area (Å²) in [5.74, 6) is 1.83. The summed E-state index contributed by atoms with van der Waals surface area (Å²) in [6.45, 7) is 5.27. The van der Waals surface area contributed by atoms with Crippen LogP contribution in [0.1, 0.15) is 5.82 Å². The summed E-state index contributed by atoms with van der Waals surface area (Å²) in [7, 11) is 0. The van der Waals surface area contributed by atoms with Gasteiger partial charge in [0.15, 0.2) is 5.82 Å². The van der Waals surface area contributed by atoms with Gasteiger partial charge in [-0.05, 0) is 19.1 Å². The molecule has 6 heteroatoms. The van der Waals surface area contributed by atoms with Crippen LogP contribution in [0.3, 0.4) is 0 Å². The number of benzene rings is 1. The molecule has 0 amide bonds. The van der Waals surface area contributed by atoms with E-state index in [-0.39, 0.29) is 0 Å². The highest BCUT2D eigenvalue weighted by Crippen LogP contribution is 2.26. The second-order valence-corrected chi connectivity index (χ2v) is 5.49. The Bertz CT molecular complexity index is 641. The quantitative estimate of drug-likeness (QED) is 0.924. The van der Waals surface area contributed by atoms with Crippen LogP contribution < -0.4 is 9.80 Å². The Morgan fingerprint density at radius 1 is 1.14 bits per heavy atom. The van der Waals surface area contributed by atoms with Crippen LogP contribution in [0, 0.1) is 6.92 Å². The summed E-state index contributed by atoms with van der Waals surface area (Å²) < 4.78 is 0. The van der Waals surface area contributed by atoms with E-state index in [0.717, 1.165) is 43.5 Å². The summed E-state index contributed by atoms with van der Waals surface area (Å²) in [5, 5.41) is 10.2. The number of aryl methyl sites for hydroxylation is 1. The average molecular weight is 305 g/mol. The van der Waals surface area contributed by atoms with Crippen LogP contribution in [0.2, 0.25) is 5.02 Å². The largest absolute Gasteiger partial charge is 0.508 e. The maximum absolute atomic E-state index is 9.57. The van der Waals surface area contributed by atoms with Crippen molar-refractivity contribution in [2.24, 2.45) is 0 Å². The van der Waals surface area contributed by atoms with E-state index in [1.807, 2.05) is 19.1 Å². The molecule has 0 unspecified atom stereocenters. The maximum atomic E-state index is 9.57. The van der Waals surface area contributed by atoms with Crippen molar-refractivity contribution in [3.05, 3.63) is 41.3 Å². The predicted molar refractivity (Wildman–Crippen MR) is 84.3 cm³/mol. The third-order valence-corrected chi connectivity index (χ3v) is 3.89. The zero-order chi connectivity index (χ0) is 14.8. The van der Waals surface area contributed by atoms with Gasteiger partial charge in [0.2, 0.25) is 0 Å². The maximum Gasteiger partial charge on any atom is 0.151 e. The molecule has 3 rings (SSSR count). The van der Waals surface area contributed by atoms with Crippen LogP contribution in [-0.2, 0) is 0 Å². The second kappa shape index (κ2) is 5.77. The van der Waals surface area contributed by atoms with Crippen LogP contribution in [-0.4, -0.2) is 41.3 Å². The van der Waals surface area contributed by atoms with Crippen LogP contribution in [0.15, 0.2) is 30.5 Å². The lowest BCUT2D eigenvalue weighted by molar-refractivity contribution is 0.475. The summed E-state index contributed by atoms with van der Waals surface area (Å²) in [6, 6.07) is 7.35. The molecule has 1 N–H and O–H groups in total. The lowest BCUT2D eigenvalue weighted by atomic mass is 10.2. The standard InChI is InChI=1S/C15H17ClN4O/c1-11-17-10-14(16)15(18-11)20-7-5-19(6-8-20)12-3-2-4-13(21)9-12/h2-4,9-10,21H,5-8H2,1H3. The first-order chi connectivity index (χ1) is 10.1. The van der Waals surface area contributed by atoms with Gasteiger partial charge >= 0.3 is 0 Å². The molecule has 0 atom stereocenters. The van der Waals surface area contributed by atoms with E-state index in [1.54, 1.807) is 18.3 Å². The smallest absolute Gasteiger partial charge is 0.151 e. The molecule has 1 saturated heterocycles. The predicted octanol–water partition coefficient (Wildman–Crippen LogP) is 2.47. The molecule has 2 heterocycles. The number of hydrogen-bond donors (Lipinski definition) is 1. The van der Waals surface area contributed by atoms with E-state index in [1.165, 1.54) is 0 Å². The summed E-state index contributed by atoms with van der Waals surface area (Å²) >= 11 is 6.19. The highest BCUT2D eigenvalue weighted by molar-refractivity contribution is 6.32. The molecular formula is C15H17ClN4O. The Labute approximate surface area is 128 Å². The Balaban J connectivity index is 1.72. The molecule has 1 fully saturated rings. The first kappa shape index (κ1) is 13.9. The van der Waals surface area contributed by atoms with Crippen LogP contribution in [0.25, 0.3) is 0 Å². The minimum absolute atomic E-state index is 0.296. The molecule has 0 aliphatic carbocycles. The van der Waals surface area contributed by atoms with E-state index in [4.69, 9.17) is 11.6 Å². The fourth-order valence-electron chi connectivity index (χ4n) is 2.53. The fourth-order valence-corrected chi connectivity index (χ4v) is 2.74. The van der Waals surface area contributed by atoms with Crippen LogP contribution in [0.5, 0.6) is 5.75 Å². The van der Waals surface area contributed by atoms with Crippen molar-refractivity contribution < 1.29 is 5.11 Å². The minimum Gasteiger partial charge on any atom is -0.508 e. The van der Waals surface area contributed by atoms with Crippen molar-refractivity contribution in [1.82, 2.24) is 9.97 Å². The highest BCUT2D eigenvalue weighted by Gasteiger charge is 2.20. The second-order valence-electron chi connectivity index (χ2n) is 5.08. The molecule has 2 aromatic rings.